The fourth-order valence-electron chi connectivity index (χ4n) is 6.85. The number of esters is 3. The topological polar surface area (TPSA) is 78.9 Å². The minimum absolute atomic E-state index is 0.0666. The van der Waals surface area contributed by atoms with E-state index < -0.39 is 6.10 Å². The van der Waals surface area contributed by atoms with E-state index in [1.54, 1.807) is 0 Å². The van der Waals surface area contributed by atoms with Crippen LogP contribution in [0.25, 0.3) is 0 Å². The van der Waals surface area contributed by atoms with Gasteiger partial charge in [-0.15, -0.1) is 0 Å². The molecule has 0 rings (SSSR count). The number of rotatable bonds is 40. The molecule has 0 heterocycles. The van der Waals surface area contributed by atoms with E-state index in [-0.39, 0.29) is 31.1 Å². The molecule has 0 saturated heterocycles. The molecular weight excluding hydrogens is 661 g/mol. The molecule has 0 radical (unpaired) electrons. The third-order valence-corrected chi connectivity index (χ3v) is 10.8. The second-order valence-electron chi connectivity index (χ2n) is 17.2. The Labute approximate surface area is 329 Å². The SMILES string of the molecule is CCC(C)CCCCCCCCCCC(=O)O[C@@H](COC(=O)CCCCCCCCCCCCC(C)C)COC(=O)CCCCCCCCCC(C)C. The van der Waals surface area contributed by atoms with Crippen LogP contribution < -0.4 is 0 Å². The van der Waals surface area contributed by atoms with Crippen molar-refractivity contribution in [2.24, 2.45) is 17.8 Å². The average molecular weight is 751 g/mol. The minimum Gasteiger partial charge on any atom is -0.462 e. The molecule has 2 atom stereocenters. The zero-order valence-corrected chi connectivity index (χ0v) is 36.3. The summed E-state index contributed by atoms with van der Waals surface area (Å²) in [6.07, 6.45) is 35.2. The summed E-state index contributed by atoms with van der Waals surface area (Å²) in [5.74, 6) is 1.58. The molecule has 6 heteroatoms. The number of ether oxygens (including phenoxy) is 3. The Hall–Kier alpha value is -1.59. The summed E-state index contributed by atoms with van der Waals surface area (Å²) < 4.78 is 16.7. The van der Waals surface area contributed by atoms with E-state index in [9.17, 15) is 14.4 Å². The first-order valence-corrected chi connectivity index (χ1v) is 23.1. The lowest BCUT2D eigenvalue weighted by atomic mass is 9.99. The van der Waals surface area contributed by atoms with Gasteiger partial charge in [-0.2, -0.15) is 0 Å². The lowest BCUT2D eigenvalue weighted by Crippen LogP contribution is -2.30. The normalized spacial score (nSPS) is 12.7. The molecule has 0 aliphatic rings. The van der Waals surface area contributed by atoms with Crippen molar-refractivity contribution < 1.29 is 28.6 Å². The standard InChI is InChI=1S/C47H90O6/c1-7-43(6)35-29-23-17-12-13-19-26-32-38-47(50)53-44(40-52-46(49)37-31-25-20-14-16-22-28-34-42(4)5)39-51-45(48)36-30-24-18-11-9-8-10-15-21-27-33-41(2)3/h41-44H,7-40H2,1-6H3/t43?,44-/m0/s1. The zero-order chi connectivity index (χ0) is 39.2. The van der Waals surface area contributed by atoms with Crippen LogP contribution in [0.15, 0.2) is 0 Å². The monoisotopic (exact) mass is 751 g/mol. The van der Waals surface area contributed by atoms with Crippen LogP contribution in [0.4, 0.5) is 0 Å². The van der Waals surface area contributed by atoms with Gasteiger partial charge in [-0.05, 0) is 37.0 Å². The van der Waals surface area contributed by atoms with Gasteiger partial charge in [-0.1, -0.05) is 208 Å². The third kappa shape index (κ3) is 39.9. The summed E-state index contributed by atoms with van der Waals surface area (Å²) in [7, 11) is 0. The van der Waals surface area contributed by atoms with Gasteiger partial charge in [0.2, 0.25) is 0 Å². The van der Waals surface area contributed by atoms with Crippen LogP contribution in [-0.4, -0.2) is 37.2 Å². The van der Waals surface area contributed by atoms with Crippen molar-refractivity contribution >= 4 is 17.9 Å². The Bertz CT molecular complexity index is 824. The van der Waals surface area contributed by atoms with E-state index in [1.165, 1.54) is 128 Å². The molecule has 0 bridgehead atoms. The van der Waals surface area contributed by atoms with Crippen LogP contribution in [0.5, 0.6) is 0 Å². The predicted octanol–water partition coefficient (Wildman–Crippen LogP) is 14.4. The number of unbranched alkanes of at least 4 members (excludes halogenated alkanes) is 22. The first kappa shape index (κ1) is 51.4. The molecule has 0 spiro atoms. The summed E-state index contributed by atoms with van der Waals surface area (Å²) in [6.45, 7) is 13.6. The van der Waals surface area contributed by atoms with Gasteiger partial charge in [0.05, 0.1) is 0 Å². The lowest BCUT2D eigenvalue weighted by molar-refractivity contribution is -0.167. The van der Waals surface area contributed by atoms with Gasteiger partial charge in [0.1, 0.15) is 13.2 Å². The van der Waals surface area contributed by atoms with E-state index in [4.69, 9.17) is 14.2 Å². The number of carbonyl (C=O) groups excluding carboxylic acids is 3. The van der Waals surface area contributed by atoms with Gasteiger partial charge >= 0.3 is 17.9 Å². The van der Waals surface area contributed by atoms with Gasteiger partial charge in [-0.25, -0.2) is 0 Å². The molecule has 0 aliphatic heterocycles. The molecule has 0 aromatic heterocycles. The van der Waals surface area contributed by atoms with Gasteiger partial charge in [0.15, 0.2) is 6.10 Å². The van der Waals surface area contributed by atoms with E-state index >= 15 is 0 Å². The predicted molar refractivity (Wildman–Crippen MR) is 224 cm³/mol. The van der Waals surface area contributed by atoms with Gasteiger partial charge in [0, 0.05) is 19.3 Å². The van der Waals surface area contributed by atoms with Crippen LogP contribution in [0, 0.1) is 17.8 Å². The summed E-state index contributed by atoms with van der Waals surface area (Å²) in [6, 6.07) is 0. The molecule has 0 N–H and O–H groups in total. The van der Waals surface area contributed by atoms with Gasteiger partial charge < -0.3 is 14.2 Å². The highest BCUT2D eigenvalue weighted by Crippen LogP contribution is 2.17. The summed E-state index contributed by atoms with van der Waals surface area (Å²) >= 11 is 0. The summed E-state index contributed by atoms with van der Waals surface area (Å²) in [4.78, 5) is 37.7. The molecule has 0 aromatic rings. The Morgan fingerprint density at radius 1 is 0.377 bits per heavy atom. The van der Waals surface area contributed by atoms with Crippen molar-refractivity contribution in [2.75, 3.05) is 13.2 Å². The fraction of sp³-hybridized carbons (Fsp3) is 0.936. The number of carbonyl (C=O) groups is 3. The zero-order valence-electron chi connectivity index (χ0n) is 36.3. The molecule has 0 fully saturated rings. The van der Waals surface area contributed by atoms with Crippen LogP contribution in [0.3, 0.4) is 0 Å². The summed E-state index contributed by atoms with van der Waals surface area (Å²) in [5.41, 5.74) is 0. The molecule has 0 amide bonds. The largest absolute Gasteiger partial charge is 0.462 e. The van der Waals surface area contributed by atoms with Crippen LogP contribution >= 0.6 is 0 Å². The molecular formula is C47H90O6. The van der Waals surface area contributed by atoms with Gasteiger partial charge in [-0.3, -0.25) is 14.4 Å². The lowest BCUT2D eigenvalue weighted by Gasteiger charge is -2.18. The van der Waals surface area contributed by atoms with E-state index in [2.05, 4.69) is 41.5 Å². The first-order chi connectivity index (χ1) is 25.6. The van der Waals surface area contributed by atoms with Gasteiger partial charge in [0.25, 0.3) is 0 Å². The van der Waals surface area contributed by atoms with Crippen LogP contribution in [-0.2, 0) is 28.6 Å². The van der Waals surface area contributed by atoms with E-state index in [1.807, 2.05) is 0 Å². The van der Waals surface area contributed by atoms with E-state index in [0.29, 0.717) is 19.3 Å². The van der Waals surface area contributed by atoms with Crippen molar-refractivity contribution in [3.05, 3.63) is 0 Å². The van der Waals surface area contributed by atoms with E-state index in [0.717, 1.165) is 75.5 Å². The van der Waals surface area contributed by atoms with Crippen molar-refractivity contribution in [1.82, 2.24) is 0 Å². The molecule has 0 aromatic carbocycles. The van der Waals surface area contributed by atoms with Crippen molar-refractivity contribution in [3.8, 4) is 0 Å². The Kier molecular flexibility index (Phi) is 37.5. The Morgan fingerprint density at radius 3 is 0.981 bits per heavy atom. The molecule has 0 aliphatic carbocycles. The molecule has 53 heavy (non-hydrogen) atoms. The maximum absolute atomic E-state index is 12.7. The maximum atomic E-state index is 12.7. The van der Waals surface area contributed by atoms with Crippen molar-refractivity contribution in [1.29, 1.82) is 0 Å². The quantitative estimate of drug-likeness (QED) is 0.0352. The summed E-state index contributed by atoms with van der Waals surface area (Å²) in [5, 5.41) is 0. The second-order valence-corrected chi connectivity index (χ2v) is 17.2. The Balaban J connectivity index is 4.35. The highest BCUT2D eigenvalue weighted by Gasteiger charge is 2.19. The minimum atomic E-state index is -0.762. The Morgan fingerprint density at radius 2 is 0.660 bits per heavy atom. The smallest absolute Gasteiger partial charge is 0.306 e. The molecule has 0 saturated carbocycles. The second kappa shape index (κ2) is 38.7. The van der Waals surface area contributed by atoms with Crippen LogP contribution in [0.2, 0.25) is 0 Å². The molecule has 1 unspecified atom stereocenters. The highest BCUT2D eigenvalue weighted by atomic mass is 16.6. The van der Waals surface area contributed by atoms with Crippen molar-refractivity contribution in [3.63, 3.8) is 0 Å². The van der Waals surface area contributed by atoms with Crippen molar-refractivity contribution in [2.45, 2.75) is 253 Å². The van der Waals surface area contributed by atoms with Crippen LogP contribution in [0.1, 0.15) is 247 Å². The average Bonchev–Trinajstić information content (AvgIpc) is 3.12. The molecule has 314 valence electrons. The third-order valence-electron chi connectivity index (χ3n) is 10.8. The number of hydrogen-bond donors (Lipinski definition) is 0. The number of hydrogen-bond acceptors (Lipinski definition) is 6. The molecule has 6 nitrogen and oxygen atoms in total. The first-order valence-electron chi connectivity index (χ1n) is 23.1. The fourth-order valence-corrected chi connectivity index (χ4v) is 6.85. The maximum Gasteiger partial charge on any atom is 0.306 e. The highest BCUT2D eigenvalue weighted by molar-refractivity contribution is 5.71.